The third-order valence-electron chi connectivity index (χ3n) is 25.6. The van der Waals surface area contributed by atoms with Crippen molar-refractivity contribution in [3.63, 3.8) is 0 Å². The number of furan rings is 4. The van der Waals surface area contributed by atoms with Crippen molar-refractivity contribution < 1.29 is 66.7 Å². The van der Waals surface area contributed by atoms with E-state index < -0.39 is 23.3 Å². The normalized spacial score (nSPS) is 11.7. The molecule has 23 rings (SSSR count). The van der Waals surface area contributed by atoms with Crippen molar-refractivity contribution in [3.05, 3.63) is 409 Å². The smallest absolute Gasteiger partial charge is 0.298 e. The van der Waals surface area contributed by atoms with Gasteiger partial charge in [-0.1, -0.05) is 191 Å². The van der Waals surface area contributed by atoms with Gasteiger partial charge in [0.2, 0.25) is 0 Å². The van der Waals surface area contributed by atoms with E-state index in [4.69, 9.17) is 17.7 Å². The lowest BCUT2D eigenvalue weighted by Gasteiger charge is -2.18. The summed E-state index contributed by atoms with van der Waals surface area (Å²) in [5.41, 5.74) is 23.5. The third kappa shape index (κ3) is 15.6. The van der Waals surface area contributed by atoms with Crippen LogP contribution >= 0.6 is 0 Å². The number of para-hydroxylation sites is 4. The molecular formula is C116H93F7N8O4+4. The summed E-state index contributed by atoms with van der Waals surface area (Å²) in [4.78, 5) is 0. The molecule has 0 radical (unpaired) electrons. The first-order valence-corrected chi connectivity index (χ1v) is 44.8. The number of imidazole rings is 4. The minimum Gasteiger partial charge on any atom is -0.456 e. The Bertz CT molecular complexity index is 8480. The SMILES string of the molecule is Cc1cc(F)c2c(oc3cc(F)ccc32)c1-c1n(-c2c(-c3ccccc3)cccc2-c2ccccc2)cc[n+]1C.Cc1cc(F)c2c(oc3cc(F)ccc32)c1-c1n(-c2c(C(C)C)cccc2C(C)C)cc[n+]1C.Cc1cc(F)c2c(oc3cc(F)ccc32)c1-c1n(-c2ccccc2-c2ccccc2)cc[n+]1C.Cc1cc2c(cc1-c1n(-c3ccccc3)cc[n+]1C)oc1cc(F)ccc12. The summed E-state index contributed by atoms with van der Waals surface area (Å²) in [6.07, 6.45) is 16.1. The average Bonchev–Trinajstić information content (AvgIpc) is 1.59. The highest BCUT2D eigenvalue weighted by molar-refractivity contribution is 6.13. The van der Waals surface area contributed by atoms with Crippen LogP contribution in [0.1, 0.15) is 72.9 Å². The van der Waals surface area contributed by atoms with Gasteiger partial charge in [-0.25, -0.2) is 49.0 Å². The maximum atomic E-state index is 15.5. The third-order valence-corrected chi connectivity index (χ3v) is 25.6. The van der Waals surface area contributed by atoms with Crippen LogP contribution in [0.2, 0.25) is 0 Å². The van der Waals surface area contributed by atoms with E-state index in [0.29, 0.717) is 83.2 Å². The van der Waals surface area contributed by atoms with Crippen molar-refractivity contribution in [2.45, 2.75) is 67.2 Å². The summed E-state index contributed by atoms with van der Waals surface area (Å²) in [6, 6.07) is 88.1. The van der Waals surface area contributed by atoms with Crippen LogP contribution in [0.15, 0.2) is 352 Å². The number of fused-ring (bicyclic) bond motifs is 12. The number of aryl methyl sites for hydroxylation is 8. The Morgan fingerprint density at radius 2 is 0.600 bits per heavy atom. The van der Waals surface area contributed by atoms with Crippen LogP contribution in [0.25, 0.3) is 189 Å². The standard InChI is InChI=1S/C35H25F2N2O.C29H21F2N2O.C29H29F2N2O.C23H18FN2O/c1-22-20-29(37)32-28-17-16-25(36)21-30(28)40-34(32)31(22)35-38(2)18-19-39(35)33-26(23-10-5-3-6-11-23)14-9-15-27(33)24-12-7-4-8-13-24;1-18-16-23(31)27-22-13-12-20(30)17-25(22)34-28(27)26(18)29-32(2)14-15-33(29)24-11-7-6-10-21(24)19-8-4-3-5-9-19;1-16(2)20-8-7-9-21(17(3)4)27(20)33-13-12-32(6)29(33)25-18(5)14-23(31)26-22-11-10-19(30)15-24(22)34-28(25)26;1-15-12-20-18-9-8-16(24)13-21(18)27-22(20)14-19(15)23-25(2)10-11-26(23)17-6-4-3-5-7-17/h3-21H,1-2H3;3-17H,1-2H3;7-17H,1-6H3;3-14H,1-2H3/q4*+1. The Balaban J connectivity index is 0.000000112. The van der Waals surface area contributed by atoms with Gasteiger partial charge in [0.25, 0.3) is 23.3 Å². The molecule has 0 bridgehead atoms. The van der Waals surface area contributed by atoms with E-state index in [1.54, 1.807) is 30.3 Å². The number of rotatable bonds is 13. The first-order valence-electron chi connectivity index (χ1n) is 44.8. The molecule has 0 aliphatic rings. The zero-order valence-corrected chi connectivity index (χ0v) is 76.3. The lowest BCUT2D eigenvalue weighted by atomic mass is 9.92. The van der Waals surface area contributed by atoms with Gasteiger partial charge in [0.15, 0.2) is 16.7 Å². The lowest BCUT2D eigenvalue weighted by Crippen LogP contribution is -2.29. The molecule has 8 aromatic heterocycles. The molecule has 19 heteroatoms. The van der Waals surface area contributed by atoms with Gasteiger partial charge >= 0.3 is 0 Å². The first kappa shape index (κ1) is 86.9. The molecule has 15 aromatic carbocycles. The van der Waals surface area contributed by atoms with E-state index in [-0.39, 0.29) is 17.5 Å². The lowest BCUT2D eigenvalue weighted by molar-refractivity contribution is -0.659. The van der Waals surface area contributed by atoms with Gasteiger partial charge in [0.1, 0.15) is 158 Å². The Kier molecular flexibility index (Phi) is 22.6. The van der Waals surface area contributed by atoms with E-state index >= 15 is 13.2 Å². The Morgan fingerprint density at radius 3 is 1.03 bits per heavy atom. The van der Waals surface area contributed by atoms with E-state index in [0.717, 1.165) is 140 Å². The minimum absolute atomic E-state index is 0.289. The van der Waals surface area contributed by atoms with Gasteiger partial charge in [0, 0.05) is 79.0 Å². The van der Waals surface area contributed by atoms with Crippen molar-refractivity contribution in [1.29, 1.82) is 0 Å². The highest BCUT2D eigenvalue weighted by Gasteiger charge is 2.36. The van der Waals surface area contributed by atoms with Crippen LogP contribution < -0.4 is 18.3 Å². The molecule has 0 unspecified atom stereocenters. The maximum absolute atomic E-state index is 15.5. The fourth-order valence-corrected chi connectivity index (χ4v) is 19.3. The molecule has 0 fully saturated rings. The van der Waals surface area contributed by atoms with E-state index in [2.05, 4.69) is 179 Å². The first-order chi connectivity index (χ1) is 65.3. The van der Waals surface area contributed by atoms with Crippen LogP contribution in [-0.2, 0) is 28.2 Å². The molecule has 0 spiro atoms. The van der Waals surface area contributed by atoms with Gasteiger partial charge in [-0.15, -0.1) is 0 Å². The molecule has 0 N–H and O–H groups in total. The van der Waals surface area contributed by atoms with Crippen LogP contribution in [0, 0.1) is 68.4 Å². The van der Waals surface area contributed by atoms with Crippen LogP contribution in [-0.4, -0.2) is 18.3 Å². The minimum atomic E-state index is -0.427. The van der Waals surface area contributed by atoms with Gasteiger partial charge in [-0.05, 0) is 176 Å². The van der Waals surface area contributed by atoms with E-state index in [1.165, 1.54) is 71.8 Å². The quantitative estimate of drug-likeness (QED) is 0.0850. The summed E-state index contributed by atoms with van der Waals surface area (Å²) in [6.45, 7) is 16.5. The summed E-state index contributed by atoms with van der Waals surface area (Å²) < 4.78 is 143. The molecule has 135 heavy (non-hydrogen) atoms. The number of hydrogen-bond donors (Lipinski definition) is 0. The predicted octanol–water partition coefficient (Wildman–Crippen LogP) is 28.9. The molecule has 23 aromatic rings. The number of benzene rings is 15. The van der Waals surface area contributed by atoms with Crippen LogP contribution in [0.5, 0.6) is 0 Å². The molecule has 666 valence electrons. The van der Waals surface area contributed by atoms with Gasteiger partial charge in [0.05, 0.1) is 49.9 Å². The Labute approximate surface area is 774 Å². The van der Waals surface area contributed by atoms with Crippen molar-refractivity contribution >= 4 is 87.8 Å². The summed E-state index contributed by atoms with van der Waals surface area (Å²) >= 11 is 0. The second-order valence-corrected chi connectivity index (χ2v) is 35.1. The topological polar surface area (TPSA) is 87.8 Å². The van der Waals surface area contributed by atoms with E-state index in [9.17, 15) is 17.6 Å². The number of aromatic nitrogens is 8. The fourth-order valence-electron chi connectivity index (χ4n) is 19.3. The fraction of sp³-hybridized carbons (Fsp3) is 0.121. The summed E-state index contributed by atoms with van der Waals surface area (Å²) in [5, 5.41) is 4.70. The second-order valence-electron chi connectivity index (χ2n) is 35.1. The molecule has 0 atom stereocenters. The zero-order chi connectivity index (χ0) is 93.6. The highest BCUT2D eigenvalue weighted by Crippen LogP contribution is 2.47. The van der Waals surface area contributed by atoms with Gasteiger partial charge < -0.3 is 17.7 Å². The molecule has 0 aliphatic heterocycles. The van der Waals surface area contributed by atoms with Crippen LogP contribution in [0.4, 0.5) is 30.7 Å². The number of halogens is 7. The maximum Gasteiger partial charge on any atom is 0.298 e. The van der Waals surface area contributed by atoms with E-state index in [1.807, 2.05) is 185 Å². The van der Waals surface area contributed by atoms with Crippen molar-refractivity contribution in [2.24, 2.45) is 28.2 Å². The molecular weight excluding hydrogens is 1700 g/mol. The molecule has 0 saturated carbocycles. The van der Waals surface area contributed by atoms with Crippen LogP contribution in [0.3, 0.4) is 0 Å². The molecule has 0 amide bonds. The Morgan fingerprint density at radius 1 is 0.267 bits per heavy atom. The zero-order valence-electron chi connectivity index (χ0n) is 76.3. The van der Waals surface area contributed by atoms with Crippen molar-refractivity contribution in [2.75, 3.05) is 0 Å². The van der Waals surface area contributed by atoms with Gasteiger partial charge in [-0.2, -0.15) is 18.3 Å². The molecule has 12 nitrogen and oxygen atoms in total. The highest BCUT2D eigenvalue weighted by atomic mass is 19.2. The molecule has 8 heterocycles. The predicted molar refractivity (Wildman–Crippen MR) is 522 cm³/mol. The van der Waals surface area contributed by atoms with Crippen molar-refractivity contribution in [3.8, 4) is 102 Å². The molecule has 0 aliphatic carbocycles. The van der Waals surface area contributed by atoms with Crippen molar-refractivity contribution in [1.82, 2.24) is 18.3 Å². The average molecular weight is 1800 g/mol. The monoisotopic (exact) mass is 1790 g/mol. The Hall–Kier alpha value is -16.2. The molecule has 0 saturated heterocycles. The summed E-state index contributed by atoms with van der Waals surface area (Å²) in [7, 11) is 7.94. The number of nitrogens with zero attached hydrogens (tertiary/aromatic N) is 8. The van der Waals surface area contributed by atoms with Gasteiger partial charge in [-0.3, -0.25) is 0 Å². The number of hydrogen-bond acceptors (Lipinski definition) is 4. The summed E-state index contributed by atoms with van der Waals surface area (Å²) in [5.74, 6) is 1.55. The largest absolute Gasteiger partial charge is 0.456 e. The second kappa shape index (κ2) is 35.2.